The minimum atomic E-state index is -0.192. The lowest BCUT2D eigenvalue weighted by molar-refractivity contribution is 0.195. The van der Waals surface area contributed by atoms with Gasteiger partial charge in [0.15, 0.2) is 0 Å². The van der Waals surface area contributed by atoms with Gasteiger partial charge in [-0.05, 0) is 127 Å². The van der Waals surface area contributed by atoms with E-state index in [1.54, 1.807) is 6.20 Å². The Bertz CT molecular complexity index is 1470. The first-order valence-corrected chi connectivity index (χ1v) is 16.6. The normalized spacial score (nSPS) is 19.8. The standard InChI is InChI=1S/C18H19BrClN3.C14H10BrCl2N/c19-14-9-13-2-1-12-10-15(20)3-4-16(12)18(17(13)22-11-14)23-7-5-21-6-8-23;15-10-5-9-2-1-8-6-11(16)3-4-12(8)13(17)14(9)18-7-10/h3-4,9-11,18,21H,1-2,5-8H2;3-7,13H,1-2H2. The number of nitrogens with zero attached hydrogens (tertiary/aromatic N) is 3. The van der Waals surface area contributed by atoms with E-state index in [0.717, 1.165) is 82.1 Å². The van der Waals surface area contributed by atoms with Gasteiger partial charge < -0.3 is 5.32 Å². The van der Waals surface area contributed by atoms with E-state index < -0.39 is 0 Å². The van der Waals surface area contributed by atoms with Crippen molar-refractivity contribution in [3.63, 3.8) is 0 Å². The third-order valence-electron chi connectivity index (χ3n) is 8.06. The average Bonchev–Trinajstić information content (AvgIpc) is 3.21. The summed E-state index contributed by atoms with van der Waals surface area (Å²) in [5.41, 5.74) is 9.77. The van der Waals surface area contributed by atoms with Crippen molar-refractivity contribution in [2.24, 2.45) is 0 Å². The van der Waals surface area contributed by atoms with E-state index in [9.17, 15) is 0 Å². The number of nitrogens with one attached hydrogen (secondary N) is 1. The molecule has 2 aromatic heterocycles. The van der Waals surface area contributed by atoms with Crippen LogP contribution in [-0.2, 0) is 25.7 Å². The van der Waals surface area contributed by atoms with Crippen LogP contribution in [0, 0.1) is 0 Å². The summed E-state index contributed by atoms with van der Waals surface area (Å²) in [6.45, 7) is 4.16. The molecule has 9 heteroatoms. The fourth-order valence-electron chi connectivity index (χ4n) is 6.10. The molecule has 0 spiro atoms. The number of hydrogen-bond donors (Lipinski definition) is 1. The highest BCUT2D eigenvalue weighted by Gasteiger charge is 2.31. The summed E-state index contributed by atoms with van der Waals surface area (Å²) in [6, 6.07) is 16.8. The summed E-state index contributed by atoms with van der Waals surface area (Å²) < 4.78 is 2.05. The van der Waals surface area contributed by atoms with Crippen molar-refractivity contribution in [2.75, 3.05) is 26.2 Å². The SMILES string of the molecule is Clc1ccc2c(c1)CCc1cc(Br)cnc1C2Cl.Clc1ccc2c(c1)CCc1cc(Br)cnc1C2N1CCNCC1. The third kappa shape index (κ3) is 6.54. The maximum absolute atomic E-state index is 6.57. The predicted octanol–water partition coefficient (Wildman–Crippen LogP) is 8.52. The number of hydrogen-bond acceptors (Lipinski definition) is 4. The van der Waals surface area contributed by atoms with Gasteiger partial charge in [-0.3, -0.25) is 14.9 Å². The largest absolute Gasteiger partial charge is 0.314 e. The Balaban J connectivity index is 0.000000152. The van der Waals surface area contributed by atoms with E-state index in [0.29, 0.717) is 0 Å². The number of fused-ring (bicyclic) bond motifs is 4. The molecule has 0 saturated carbocycles. The van der Waals surface area contributed by atoms with Crippen molar-refractivity contribution in [3.8, 4) is 0 Å². The number of rotatable bonds is 1. The average molecular weight is 736 g/mol. The Morgan fingerprint density at radius 2 is 1.20 bits per heavy atom. The molecule has 212 valence electrons. The molecule has 2 aromatic carbocycles. The van der Waals surface area contributed by atoms with E-state index >= 15 is 0 Å². The van der Waals surface area contributed by atoms with Crippen LogP contribution in [0.2, 0.25) is 10.0 Å². The Morgan fingerprint density at radius 1 is 0.683 bits per heavy atom. The first kappa shape index (κ1) is 29.6. The van der Waals surface area contributed by atoms with Crippen LogP contribution >= 0.6 is 66.7 Å². The molecule has 4 nitrogen and oxygen atoms in total. The fourth-order valence-corrected chi connectivity index (χ4v) is 7.65. The smallest absolute Gasteiger partial charge is 0.101 e. The summed E-state index contributed by atoms with van der Waals surface area (Å²) in [5, 5.41) is 4.84. The summed E-state index contributed by atoms with van der Waals surface area (Å²) in [6.07, 6.45) is 7.65. The van der Waals surface area contributed by atoms with Crippen molar-refractivity contribution >= 4 is 66.7 Å². The van der Waals surface area contributed by atoms with Gasteiger partial charge in [0, 0.05) is 57.6 Å². The van der Waals surface area contributed by atoms with Gasteiger partial charge in [-0.15, -0.1) is 11.6 Å². The molecule has 3 aliphatic rings. The zero-order valence-corrected chi connectivity index (χ0v) is 27.8. The number of aromatic nitrogens is 2. The highest BCUT2D eigenvalue weighted by Crippen LogP contribution is 2.39. The van der Waals surface area contributed by atoms with Crippen molar-refractivity contribution < 1.29 is 0 Å². The number of aryl methyl sites for hydroxylation is 4. The highest BCUT2D eigenvalue weighted by molar-refractivity contribution is 9.10. The fraction of sp³-hybridized carbons (Fsp3) is 0.312. The van der Waals surface area contributed by atoms with Crippen molar-refractivity contribution in [1.29, 1.82) is 0 Å². The second-order valence-electron chi connectivity index (χ2n) is 10.6. The third-order valence-corrected chi connectivity index (χ3v) is 9.84. The summed E-state index contributed by atoms with van der Waals surface area (Å²) >= 11 is 25.9. The molecule has 0 radical (unpaired) electrons. The zero-order valence-electron chi connectivity index (χ0n) is 22.3. The van der Waals surface area contributed by atoms with Crippen molar-refractivity contribution in [3.05, 3.63) is 125 Å². The van der Waals surface area contributed by atoms with E-state index in [-0.39, 0.29) is 11.4 Å². The molecule has 3 heterocycles. The summed E-state index contributed by atoms with van der Waals surface area (Å²) in [4.78, 5) is 11.8. The molecule has 1 saturated heterocycles. The van der Waals surface area contributed by atoms with Gasteiger partial charge in [-0.1, -0.05) is 35.3 Å². The Labute approximate surface area is 273 Å². The van der Waals surface area contributed by atoms with Gasteiger partial charge >= 0.3 is 0 Å². The predicted molar refractivity (Wildman–Crippen MR) is 176 cm³/mol. The maximum atomic E-state index is 6.57. The van der Waals surface area contributed by atoms with Crippen LogP contribution < -0.4 is 5.32 Å². The second-order valence-corrected chi connectivity index (χ2v) is 13.8. The highest BCUT2D eigenvalue weighted by atomic mass is 79.9. The minimum absolute atomic E-state index is 0.192. The molecule has 4 aromatic rings. The number of piperazine rings is 1. The lowest BCUT2D eigenvalue weighted by Gasteiger charge is -2.35. The minimum Gasteiger partial charge on any atom is -0.314 e. The van der Waals surface area contributed by atoms with Crippen LogP contribution in [0.25, 0.3) is 0 Å². The van der Waals surface area contributed by atoms with Crippen LogP contribution in [0.15, 0.2) is 69.9 Å². The van der Waals surface area contributed by atoms with Gasteiger partial charge in [-0.25, -0.2) is 0 Å². The Hall–Kier alpha value is -1.51. The molecule has 1 N–H and O–H groups in total. The van der Waals surface area contributed by atoms with Gasteiger partial charge in [-0.2, -0.15) is 0 Å². The molecule has 0 amide bonds. The first-order valence-electron chi connectivity index (χ1n) is 13.8. The molecule has 2 aliphatic carbocycles. The molecule has 2 unspecified atom stereocenters. The molecule has 0 bridgehead atoms. The summed E-state index contributed by atoms with van der Waals surface area (Å²) in [5.74, 6) is 0. The maximum Gasteiger partial charge on any atom is 0.101 e. The van der Waals surface area contributed by atoms with E-state index in [4.69, 9.17) is 39.8 Å². The molecular formula is C32H29Br2Cl3N4. The van der Waals surface area contributed by atoms with Crippen molar-refractivity contribution in [1.82, 2.24) is 20.2 Å². The first-order chi connectivity index (χ1) is 19.9. The van der Waals surface area contributed by atoms with Crippen LogP contribution in [0.3, 0.4) is 0 Å². The monoisotopic (exact) mass is 732 g/mol. The molecular weight excluding hydrogens is 707 g/mol. The van der Waals surface area contributed by atoms with E-state index in [1.807, 2.05) is 30.5 Å². The molecule has 2 atom stereocenters. The number of benzene rings is 2. The van der Waals surface area contributed by atoms with Gasteiger partial charge in [0.25, 0.3) is 0 Å². The quantitative estimate of drug-likeness (QED) is 0.199. The van der Waals surface area contributed by atoms with E-state index in [1.165, 1.54) is 33.5 Å². The van der Waals surface area contributed by atoms with Crippen LogP contribution in [-0.4, -0.2) is 41.0 Å². The van der Waals surface area contributed by atoms with E-state index in [2.05, 4.69) is 71.3 Å². The van der Waals surface area contributed by atoms with Crippen LogP contribution in [0.1, 0.15) is 56.2 Å². The number of pyridine rings is 2. The molecule has 1 aliphatic heterocycles. The number of alkyl halides is 1. The van der Waals surface area contributed by atoms with Crippen LogP contribution in [0.5, 0.6) is 0 Å². The number of halogens is 5. The lowest BCUT2D eigenvalue weighted by Crippen LogP contribution is -2.45. The van der Waals surface area contributed by atoms with Crippen molar-refractivity contribution in [2.45, 2.75) is 37.1 Å². The molecule has 7 rings (SSSR count). The van der Waals surface area contributed by atoms with Gasteiger partial charge in [0.2, 0.25) is 0 Å². The zero-order chi connectivity index (χ0) is 28.5. The molecule has 1 fully saturated rings. The topological polar surface area (TPSA) is 41.1 Å². The molecule has 41 heavy (non-hydrogen) atoms. The van der Waals surface area contributed by atoms with Crippen LogP contribution in [0.4, 0.5) is 0 Å². The summed E-state index contributed by atoms with van der Waals surface area (Å²) in [7, 11) is 0. The van der Waals surface area contributed by atoms with Gasteiger partial charge in [0.1, 0.15) is 5.38 Å². The van der Waals surface area contributed by atoms with Gasteiger partial charge in [0.05, 0.1) is 17.4 Å². The second kappa shape index (κ2) is 13.0. The Morgan fingerprint density at radius 3 is 1.83 bits per heavy atom. The lowest BCUT2D eigenvalue weighted by atomic mass is 9.96. The Kier molecular flexibility index (Phi) is 9.38.